The Morgan fingerprint density at radius 3 is 2.65 bits per heavy atom. The molecule has 0 spiro atoms. The van der Waals surface area contributed by atoms with E-state index in [0.717, 1.165) is 12.8 Å². The second-order valence-corrected chi connectivity index (χ2v) is 3.50. The summed E-state index contributed by atoms with van der Waals surface area (Å²) in [4.78, 5) is 11.2. The molecule has 0 saturated heterocycles. The Labute approximate surface area is 101 Å². The van der Waals surface area contributed by atoms with Gasteiger partial charge < -0.3 is 9.47 Å². The van der Waals surface area contributed by atoms with Crippen LogP contribution in [0.25, 0.3) is 0 Å². The van der Waals surface area contributed by atoms with Crippen LogP contribution in [0, 0.1) is 11.3 Å². The summed E-state index contributed by atoms with van der Waals surface area (Å²) in [5, 5.41) is 8.60. The predicted octanol–water partition coefficient (Wildman–Crippen LogP) is 2.28. The van der Waals surface area contributed by atoms with Crippen LogP contribution in [0.1, 0.15) is 25.3 Å². The van der Waals surface area contributed by atoms with E-state index < -0.39 is 0 Å². The normalized spacial score (nSPS) is 9.41. The van der Waals surface area contributed by atoms with Crippen molar-refractivity contribution < 1.29 is 14.3 Å². The molecule has 0 heterocycles. The van der Waals surface area contributed by atoms with Gasteiger partial charge in [-0.15, -0.1) is 0 Å². The van der Waals surface area contributed by atoms with Gasteiger partial charge in [-0.1, -0.05) is 13.3 Å². The molecule has 0 saturated carbocycles. The van der Waals surface area contributed by atoms with Crippen LogP contribution in [0.5, 0.6) is 5.75 Å². The van der Waals surface area contributed by atoms with Gasteiger partial charge in [0.05, 0.1) is 18.2 Å². The maximum atomic E-state index is 11.2. The van der Waals surface area contributed by atoms with Gasteiger partial charge in [0, 0.05) is 0 Å². The largest absolute Gasteiger partial charge is 0.482 e. The number of ether oxygens (including phenoxy) is 2. The Morgan fingerprint density at radius 1 is 1.35 bits per heavy atom. The predicted molar refractivity (Wildman–Crippen MR) is 62.5 cm³/mol. The molecule has 0 bridgehead atoms. The number of carbonyl (C=O) groups is 1. The molecule has 0 atom stereocenters. The molecule has 90 valence electrons. The van der Waals surface area contributed by atoms with Crippen molar-refractivity contribution in [3.05, 3.63) is 29.8 Å². The van der Waals surface area contributed by atoms with E-state index in [1.807, 2.05) is 13.0 Å². The average molecular weight is 233 g/mol. The SMILES string of the molecule is CCCCOC(=O)COc1ccc(C#N)cc1. The van der Waals surface area contributed by atoms with Gasteiger partial charge in [0.15, 0.2) is 6.61 Å². The van der Waals surface area contributed by atoms with Crippen molar-refractivity contribution >= 4 is 5.97 Å². The van der Waals surface area contributed by atoms with E-state index >= 15 is 0 Å². The van der Waals surface area contributed by atoms with Crippen LogP contribution in [0.2, 0.25) is 0 Å². The second-order valence-electron chi connectivity index (χ2n) is 3.50. The molecule has 0 fully saturated rings. The summed E-state index contributed by atoms with van der Waals surface area (Å²) in [6.07, 6.45) is 1.85. The molecule has 0 N–H and O–H groups in total. The molecule has 0 aromatic heterocycles. The standard InChI is InChI=1S/C13H15NO3/c1-2-3-8-16-13(15)10-17-12-6-4-11(9-14)5-7-12/h4-7H,2-3,8,10H2,1H3. The number of hydrogen-bond acceptors (Lipinski definition) is 4. The molecule has 1 aromatic rings. The molecule has 0 aliphatic carbocycles. The topological polar surface area (TPSA) is 59.3 Å². The van der Waals surface area contributed by atoms with Gasteiger partial charge in [-0.3, -0.25) is 0 Å². The van der Waals surface area contributed by atoms with Crippen molar-refractivity contribution in [1.29, 1.82) is 5.26 Å². The first kappa shape index (κ1) is 13.0. The highest BCUT2D eigenvalue weighted by molar-refractivity contribution is 5.71. The van der Waals surface area contributed by atoms with Crippen LogP contribution >= 0.6 is 0 Å². The van der Waals surface area contributed by atoms with Gasteiger partial charge >= 0.3 is 5.97 Å². The molecule has 0 aliphatic rings. The van der Waals surface area contributed by atoms with Crippen LogP contribution in [-0.2, 0) is 9.53 Å². The lowest BCUT2D eigenvalue weighted by Crippen LogP contribution is -2.15. The molecule has 0 amide bonds. The Balaban J connectivity index is 2.30. The van der Waals surface area contributed by atoms with Crippen molar-refractivity contribution in [3.8, 4) is 11.8 Å². The van der Waals surface area contributed by atoms with Gasteiger partial charge in [-0.25, -0.2) is 4.79 Å². The zero-order valence-corrected chi connectivity index (χ0v) is 9.81. The number of hydrogen-bond donors (Lipinski definition) is 0. The first-order chi connectivity index (χ1) is 8.26. The monoisotopic (exact) mass is 233 g/mol. The number of carbonyl (C=O) groups excluding carboxylic acids is 1. The Bertz CT molecular complexity index is 392. The number of nitriles is 1. The zero-order valence-electron chi connectivity index (χ0n) is 9.81. The van der Waals surface area contributed by atoms with Gasteiger partial charge in [0.1, 0.15) is 5.75 Å². The van der Waals surface area contributed by atoms with E-state index in [-0.39, 0.29) is 12.6 Å². The summed E-state index contributed by atoms with van der Waals surface area (Å²) < 4.78 is 10.1. The van der Waals surface area contributed by atoms with Crippen LogP contribution in [-0.4, -0.2) is 19.2 Å². The van der Waals surface area contributed by atoms with Gasteiger partial charge in [0.2, 0.25) is 0 Å². The minimum absolute atomic E-state index is 0.102. The van der Waals surface area contributed by atoms with Crippen molar-refractivity contribution in [2.24, 2.45) is 0 Å². The number of unbranched alkanes of at least 4 members (excludes halogenated alkanes) is 1. The maximum absolute atomic E-state index is 11.2. The highest BCUT2D eigenvalue weighted by Gasteiger charge is 2.03. The summed E-state index contributed by atoms with van der Waals surface area (Å²) in [5.74, 6) is 0.180. The van der Waals surface area contributed by atoms with E-state index in [1.165, 1.54) is 0 Å². The summed E-state index contributed by atoms with van der Waals surface area (Å²) >= 11 is 0. The van der Waals surface area contributed by atoms with E-state index in [4.69, 9.17) is 14.7 Å². The minimum Gasteiger partial charge on any atom is -0.482 e. The van der Waals surface area contributed by atoms with E-state index in [0.29, 0.717) is 17.9 Å². The Hall–Kier alpha value is -2.02. The Morgan fingerprint density at radius 2 is 2.06 bits per heavy atom. The van der Waals surface area contributed by atoms with Crippen LogP contribution in [0.15, 0.2) is 24.3 Å². The fourth-order valence-electron chi connectivity index (χ4n) is 1.14. The van der Waals surface area contributed by atoms with E-state index in [1.54, 1.807) is 24.3 Å². The minimum atomic E-state index is -0.372. The molecule has 4 nitrogen and oxygen atoms in total. The first-order valence-corrected chi connectivity index (χ1v) is 5.55. The van der Waals surface area contributed by atoms with E-state index in [2.05, 4.69) is 0 Å². The smallest absolute Gasteiger partial charge is 0.344 e. The quantitative estimate of drug-likeness (QED) is 0.558. The molecule has 1 rings (SSSR count). The lowest BCUT2D eigenvalue weighted by Gasteiger charge is -2.06. The van der Waals surface area contributed by atoms with Crippen molar-refractivity contribution in [1.82, 2.24) is 0 Å². The molecule has 0 unspecified atom stereocenters. The van der Waals surface area contributed by atoms with Crippen molar-refractivity contribution in [2.45, 2.75) is 19.8 Å². The number of nitrogens with zero attached hydrogens (tertiary/aromatic N) is 1. The first-order valence-electron chi connectivity index (χ1n) is 5.55. The lowest BCUT2D eigenvalue weighted by molar-refractivity contribution is -0.146. The molecular formula is C13H15NO3. The number of rotatable bonds is 6. The van der Waals surface area contributed by atoms with Crippen LogP contribution < -0.4 is 4.74 Å². The molecule has 1 aromatic carbocycles. The summed E-state index contributed by atoms with van der Waals surface area (Å²) in [7, 11) is 0. The Kier molecular flexibility index (Phi) is 5.59. The van der Waals surface area contributed by atoms with Gasteiger partial charge in [-0.2, -0.15) is 5.26 Å². The highest BCUT2D eigenvalue weighted by atomic mass is 16.6. The molecule has 0 radical (unpaired) electrons. The summed E-state index contributed by atoms with van der Waals surface area (Å²) in [5.41, 5.74) is 0.558. The average Bonchev–Trinajstić information content (AvgIpc) is 2.37. The third-order valence-electron chi connectivity index (χ3n) is 2.10. The fourth-order valence-corrected chi connectivity index (χ4v) is 1.14. The van der Waals surface area contributed by atoms with Crippen LogP contribution in [0.3, 0.4) is 0 Å². The number of benzene rings is 1. The van der Waals surface area contributed by atoms with Gasteiger partial charge in [-0.05, 0) is 30.7 Å². The fraction of sp³-hybridized carbons (Fsp3) is 0.385. The molecule has 0 aliphatic heterocycles. The summed E-state index contributed by atoms with van der Waals surface area (Å²) in [6, 6.07) is 8.58. The molecule has 17 heavy (non-hydrogen) atoms. The summed E-state index contributed by atoms with van der Waals surface area (Å²) in [6.45, 7) is 2.36. The maximum Gasteiger partial charge on any atom is 0.344 e. The van der Waals surface area contributed by atoms with Crippen molar-refractivity contribution in [3.63, 3.8) is 0 Å². The molecule has 4 heteroatoms. The lowest BCUT2D eigenvalue weighted by atomic mass is 10.2. The third kappa shape index (κ3) is 5.03. The third-order valence-corrected chi connectivity index (χ3v) is 2.10. The van der Waals surface area contributed by atoms with Crippen molar-refractivity contribution in [2.75, 3.05) is 13.2 Å². The highest BCUT2D eigenvalue weighted by Crippen LogP contribution is 2.11. The second kappa shape index (κ2) is 7.29. The van der Waals surface area contributed by atoms with Gasteiger partial charge in [0.25, 0.3) is 0 Å². The van der Waals surface area contributed by atoms with Crippen LogP contribution in [0.4, 0.5) is 0 Å². The zero-order chi connectivity index (χ0) is 12.5. The molecular weight excluding hydrogens is 218 g/mol. The number of esters is 1. The van der Waals surface area contributed by atoms with E-state index in [9.17, 15) is 4.79 Å².